The van der Waals surface area contributed by atoms with Crippen LogP contribution in [-0.4, -0.2) is 67.5 Å². The Labute approximate surface area is 190 Å². The first-order chi connectivity index (χ1) is 15.5. The number of thiazole rings is 1. The first-order valence-electron chi connectivity index (χ1n) is 10.2. The molecule has 1 N–H and O–H groups in total. The molecule has 5 rings (SSSR count). The predicted molar refractivity (Wildman–Crippen MR) is 113 cm³/mol. The molecule has 0 unspecified atom stereocenters. The zero-order valence-electron chi connectivity index (χ0n) is 17.8. The maximum atomic E-state index is 13.0. The summed E-state index contributed by atoms with van der Waals surface area (Å²) in [5.74, 6) is -0.322. The Kier molecular flexibility index (Phi) is 4.85. The molecule has 3 aromatic rings. The third-order valence-electron chi connectivity index (χ3n) is 6.27. The Morgan fingerprint density at radius 2 is 2.00 bits per heavy atom. The number of halogens is 3. The predicted octanol–water partition coefficient (Wildman–Crippen LogP) is 3.28. The maximum Gasteiger partial charge on any atom is 0.433 e. The lowest BCUT2D eigenvalue weighted by Gasteiger charge is -2.60. The monoisotopic (exact) mass is 479 g/mol. The number of likely N-dealkylation sites (tertiary alicyclic amines) is 1. The number of fused-ring (bicyclic) bond motifs is 1. The van der Waals surface area contributed by atoms with E-state index in [4.69, 9.17) is 0 Å². The van der Waals surface area contributed by atoms with Gasteiger partial charge in [-0.2, -0.15) is 18.3 Å². The number of aryl methyl sites for hydroxylation is 1. The molecular formula is C20H20F3N7O2S. The van der Waals surface area contributed by atoms with Crippen LogP contribution in [0.1, 0.15) is 34.7 Å². The minimum Gasteiger partial charge on any atom is -0.337 e. The van der Waals surface area contributed by atoms with E-state index < -0.39 is 17.9 Å². The molecule has 0 bridgehead atoms. The van der Waals surface area contributed by atoms with E-state index in [9.17, 15) is 22.8 Å². The van der Waals surface area contributed by atoms with E-state index in [1.807, 2.05) is 5.38 Å². The van der Waals surface area contributed by atoms with Crippen molar-refractivity contribution in [2.24, 2.45) is 5.41 Å². The van der Waals surface area contributed by atoms with Gasteiger partial charge >= 0.3 is 12.2 Å². The lowest BCUT2D eigenvalue weighted by molar-refractivity contribution is -0.141. The van der Waals surface area contributed by atoms with Crippen LogP contribution >= 0.6 is 11.3 Å². The van der Waals surface area contributed by atoms with Gasteiger partial charge in [-0.1, -0.05) is 0 Å². The molecule has 0 atom stereocenters. The summed E-state index contributed by atoms with van der Waals surface area (Å²) in [4.78, 5) is 36.7. The van der Waals surface area contributed by atoms with E-state index in [-0.39, 0.29) is 29.0 Å². The second kappa shape index (κ2) is 7.40. The molecule has 174 valence electrons. The molecule has 13 heteroatoms. The van der Waals surface area contributed by atoms with Crippen LogP contribution in [-0.2, 0) is 6.18 Å². The van der Waals surface area contributed by atoms with Gasteiger partial charge in [-0.25, -0.2) is 19.3 Å². The number of aromatic nitrogens is 4. The molecular weight excluding hydrogens is 459 g/mol. The highest BCUT2D eigenvalue weighted by atomic mass is 32.1. The second-order valence-corrected chi connectivity index (χ2v) is 9.55. The summed E-state index contributed by atoms with van der Waals surface area (Å²) in [6.45, 7) is 2.56. The minimum absolute atomic E-state index is 0.0223. The van der Waals surface area contributed by atoms with Gasteiger partial charge in [0.25, 0.3) is 5.91 Å². The largest absolute Gasteiger partial charge is 0.433 e. The molecule has 2 fully saturated rings. The molecule has 1 saturated heterocycles. The number of anilines is 1. The molecule has 0 aromatic carbocycles. The number of nitrogens with one attached hydrogen (secondary N) is 1. The third-order valence-corrected chi connectivity index (χ3v) is 7.16. The van der Waals surface area contributed by atoms with Gasteiger partial charge in [0.05, 0.1) is 11.8 Å². The van der Waals surface area contributed by atoms with E-state index in [2.05, 4.69) is 20.4 Å². The molecule has 4 heterocycles. The van der Waals surface area contributed by atoms with Crippen molar-refractivity contribution in [2.45, 2.75) is 32.0 Å². The van der Waals surface area contributed by atoms with Crippen molar-refractivity contribution in [2.75, 3.05) is 25.5 Å². The van der Waals surface area contributed by atoms with Crippen LogP contribution in [0.3, 0.4) is 0 Å². The average Bonchev–Trinajstić information content (AvgIpc) is 3.27. The van der Waals surface area contributed by atoms with Crippen LogP contribution in [0, 0.1) is 12.3 Å². The molecule has 3 aromatic heterocycles. The lowest BCUT2D eigenvalue weighted by Crippen LogP contribution is -2.67. The lowest BCUT2D eigenvalue weighted by atomic mass is 9.60. The van der Waals surface area contributed by atoms with Crippen molar-refractivity contribution in [3.63, 3.8) is 0 Å². The van der Waals surface area contributed by atoms with Crippen LogP contribution in [0.15, 0.2) is 23.8 Å². The standard InChI is InChI=1S/C20H20F3N7O2S/c1-11-25-14(20(21,22)23)5-15(26-11)27-18(32)28(2)12-6-19(7-12)9-29(10-19)16(31)13-8-24-30-3-4-33-17(13)30/h3-5,8,12H,6-7,9-10H2,1-2H3,(H,25,26,27,32). The highest BCUT2D eigenvalue weighted by Gasteiger charge is 2.55. The summed E-state index contributed by atoms with van der Waals surface area (Å²) >= 11 is 1.46. The van der Waals surface area contributed by atoms with Crippen molar-refractivity contribution >= 4 is 33.9 Å². The van der Waals surface area contributed by atoms with Crippen LogP contribution in [0.2, 0.25) is 0 Å². The van der Waals surface area contributed by atoms with Crippen molar-refractivity contribution < 1.29 is 22.8 Å². The minimum atomic E-state index is -4.63. The average molecular weight is 479 g/mol. The van der Waals surface area contributed by atoms with Crippen LogP contribution in [0.4, 0.5) is 23.8 Å². The van der Waals surface area contributed by atoms with Gasteiger partial charge in [-0.15, -0.1) is 11.3 Å². The fraction of sp³-hybridized carbons (Fsp3) is 0.450. The van der Waals surface area contributed by atoms with Gasteiger partial charge in [-0.05, 0) is 19.8 Å². The number of alkyl halides is 3. The first-order valence-corrected chi connectivity index (χ1v) is 11.1. The molecule has 9 nitrogen and oxygen atoms in total. The number of hydrogen-bond donors (Lipinski definition) is 1. The molecule has 1 saturated carbocycles. The second-order valence-electron chi connectivity index (χ2n) is 8.66. The topological polar surface area (TPSA) is 95.7 Å². The Morgan fingerprint density at radius 1 is 1.27 bits per heavy atom. The normalized spacial score (nSPS) is 17.7. The van der Waals surface area contributed by atoms with Gasteiger partial charge in [-0.3, -0.25) is 10.1 Å². The highest BCUT2D eigenvalue weighted by molar-refractivity contribution is 7.15. The van der Waals surface area contributed by atoms with Gasteiger partial charge in [0, 0.05) is 49.2 Å². The quantitative estimate of drug-likeness (QED) is 0.622. The fourth-order valence-corrected chi connectivity index (χ4v) is 5.35. The molecule has 1 spiro atoms. The fourth-order valence-electron chi connectivity index (χ4n) is 4.56. The number of nitrogens with zero attached hydrogens (tertiary/aromatic N) is 6. The Bertz CT molecular complexity index is 1240. The number of urea groups is 1. The van der Waals surface area contributed by atoms with E-state index >= 15 is 0 Å². The van der Waals surface area contributed by atoms with Gasteiger partial charge in [0.15, 0.2) is 0 Å². The molecule has 0 radical (unpaired) electrons. The van der Waals surface area contributed by atoms with Crippen LogP contribution in [0.25, 0.3) is 4.83 Å². The van der Waals surface area contributed by atoms with E-state index in [0.717, 1.165) is 23.7 Å². The van der Waals surface area contributed by atoms with Crippen molar-refractivity contribution in [1.29, 1.82) is 0 Å². The summed E-state index contributed by atoms with van der Waals surface area (Å²) in [5, 5.41) is 8.49. The maximum absolute atomic E-state index is 13.0. The zero-order valence-corrected chi connectivity index (χ0v) is 18.6. The Balaban J connectivity index is 1.16. The molecule has 2 aliphatic rings. The summed E-state index contributed by atoms with van der Waals surface area (Å²) in [6, 6.07) is 0.123. The summed E-state index contributed by atoms with van der Waals surface area (Å²) < 4.78 is 40.6. The number of hydrogen-bond acceptors (Lipinski definition) is 6. The highest BCUT2D eigenvalue weighted by Crippen LogP contribution is 2.50. The SMILES string of the molecule is Cc1nc(NC(=O)N(C)C2CC3(C2)CN(C(=O)c2cnn4ccsc24)C3)cc(C(F)(F)F)n1. The van der Waals surface area contributed by atoms with E-state index in [0.29, 0.717) is 18.7 Å². The molecule has 1 aliphatic carbocycles. The molecule has 33 heavy (non-hydrogen) atoms. The molecule has 1 aliphatic heterocycles. The summed E-state index contributed by atoms with van der Waals surface area (Å²) in [7, 11) is 1.60. The third kappa shape index (κ3) is 3.79. The Hall–Kier alpha value is -3.22. The van der Waals surface area contributed by atoms with Crippen molar-refractivity contribution in [3.05, 3.63) is 40.9 Å². The molecule has 3 amide bonds. The zero-order chi connectivity index (χ0) is 23.5. The Morgan fingerprint density at radius 3 is 2.70 bits per heavy atom. The first kappa shape index (κ1) is 21.6. The number of amides is 3. The van der Waals surface area contributed by atoms with Gasteiger partial charge in [0.1, 0.15) is 22.2 Å². The van der Waals surface area contributed by atoms with Crippen molar-refractivity contribution in [3.8, 4) is 0 Å². The smallest absolute Gasteiger partial charge is 0.337 e. The van der Waals surface area contributed by atoms with Gasteiger partial charge in [0.2, 0.25) is 0 Å². The summed E-state index contributed by atoms with van der Waals surface area (Å²) in [5.41, 5.74) is -0.537. The van der Waals surface area contributed by atoms with Crippen LogP contribution < -0.4 is 5.32 Å². The number of carbonyl (C=O) groups is 2. The number of rotatable bonds is 3. The van der Waals surface area contributed by atoms with E-state index in [1.54, 1.807) is 28.9 Å². The van der Waals surface area contributed by atoms with E-state index in [1.165, 1.54) is 23.2 Å². The summed E-state index contributed by atoms with van der Waals surface area (Å²) in [6.07, 6.45) is 0.206. The van der Waals surface area contributed by atoms with Gasteiger partial charge < -0.3 is 9.80 Å². The number of carbonyl (C=O) groups excluding carboxylic acids is 2. The van der Waals surface area contributed by atoms with Crippen molar-refractivity contribution in [1.82, 2.24) is 29.4 Å². The van der Waals surface area contributed by atoms with Crippen LogP contribution in [0.5, 0.6) is 0 Å².